The van der Waals surface area contributed by atoms with E-state index >= 15 is 0 Å². The van der Waals surface area contributed by atoms with Crippen LogP contribution in [0.3, 0.4) is 0 Å². The largest absolute Gasteiger partial charge is 0.303 e. The molecule has 16 heavy (non-hydrogen) atoms. The number of rotatable bonds is 9. The van der Waals surface area contributed by atoms with Crippen LogP contribution in [0.25, 0.3) is 0 Å². The Kier molecular flexibility index (Phi) is 6.98. The van der Waals surface area contributed by atoms with Gasteiger partial charge in [0.1, 0.15) is 0 Å². The highest BCUT2D eigenvalue weighted by atomic mass is 79.9. The third-order valence-corrected chi connectivity index (χ3v) is 5.10. The van der Waals surface area contributed by atoms with Gasteiger partial charge in [-0.25, -0.2) is 0 Å². The van der Waals surface area contributed by atoms with E-state index in [0.717, 1.165) is 0 Å². The number of alkyl halides is 1. The van der Waals surface area contributed by atoms with Gasteiger partial charge < -0.3 is 4.90 Å². The summed E-state index contributed by atoms with van der Waals surface area (Å²) in [7, 11) is 0. The van der Waals surface area contributed by atoms with Crippen molar-refractivity contribution in [3.05, 3.63) is 0 Å². The van der Waals surface area contributed by atoms with Crippen molar-refractivity contribution in [1.82, 2.24) is 4.90 Å². The molecule has 0 aromatic rings. The third kappa shape index (κ3) is 4.37. The molecule has 1 fully saturated rings. The second-order valence-electron chi connectivity index (χ2n) is 5.47. The third-order valence-electron chi connectivity index (χ3n) is 3.91. The van der Waals surface area contributed by atoms with Crippen molar-refractivity contribution >= 4 is 15.9 Å². The van der Waals surface area contributed by atoms with Crippen LogP contribution in [-0.4, -0.2) is 29.9 Å². The summed E-state index contributed by atoms with van der Waals surface area (Å²) >= 11 is 3.72. The Balaban J connectivity index is 2.34. The number of nitrogens with zero attached hydrogens (tertiary/aromatic N) is 1. The fourth-order valence-electron chi connectivity index (χ4n) is 2.52. The van der Waals surface area contributed by atoms with Gasteiger partial charge in [-0.2, -0.15) is 0 Å². The minimum atomic E-state index is 0.626. The zero-order valence-corrected chi connectivity index (χ0v) is 12.7. The molecule has 0 aliphatic heterocycles. The molecule has 2 heteroatoms. The molecule has 0 atom stereocenters. The second kappa shape index (κ2) is 7.71. The molecule has 96 valence electrons. The average molecular weight is 290 g/mol. The summed E-state index contributed by atoms with van der Waals surface area (Å²) in [4.78, 5) is 2.72. The summed E-state index contributed by atoms with van der Waals surface area (Å²) in [5, 5.41) is 1.20. The fourth-order valence-corrected chi connectivity index (χ4v) is 3.26. The fraction of sp³-hybridized carbons (Fsp3) is 1.00. The van der Waals surface area contributed by atoms with E-state index in [1.54, 1.807) is 0 Å². The molecule has 0 bridgehead atoms. The number of hydrogen-bond donors (Lipinski definition) is 0. The Hall–Kier alpha value is 0.440. The molecular weight excluding hydrogens is 262 g/mol. The van der Waals surface area contributed by atoms with Crippen molar-refractivity contribution in [3.8, 4) is 0 Å². The first-order valence-corrected chi connectivity index (χ1v) is 8.17. The van der Waals surface area contributed by atoms with E-state index < -0.39 is 0 Å². The Morgan fingerprint density at radius 1 is 1.06 bits per heavy atom. The van der Waals surface area contributed by atoms with Crippen LogP contribution in [0.1, 0.15) is 58.8 Å². The second-order valence-corrected chi connectivity index (χ2v) is 6.03. The minimum Gasteiger partial charge on any atom is -0.303 e. The first-order valence-electron chi connectivity index (χ1n) is 7.04. The van der Waals surface area contributed by atoms with E-state index in [0.29, 0.717) is 5.41 Å². The van der Waals surface area contributed by atoms with Crippen LogP contribution in [0.4, 0.5) is 0 Å². The standard InChI is InChI=1S/C14H28BrN/c1-3-5-10-16(11-6-4-2)13-14(12-15)8-7-9-14/h3-13H2,1-2H3. The first-order chi connectivity index (χ1) is 7.76. The van der Waals surface area contributed by atoms with Crippen LogP contribution in [0.2, 0.25) is 0 Å². The molecule has 0 radical (unpaired) electrons. The zero-order chi connectivity index (χ0) is 11.9. The molecule has 0 heterocycles. The molecule has 1 nitrogen and oxygen atoms in total. The predicted octanol–water partition coefficient (Wildman–Crippen LogP) is 4.45. The van der Waals surface area contributed by atoms with Gasteiger partial charge >= 0.3 is 0 Å². The highest BCUT2D eigenvalue weighted by Gasteiger charge is 2.37. The van der Waals surface area contributed by atoms with Crippen molar-refractivity contribution < 1.29 is 0 Å². The molecule has 1 aliphatic rings. The highest BCUT2D eigenvalue weighted by Crippen LogP contribution is 2.43. The van der Waals surface area contributed by atoms with E-state index in [1.165, 1.54) is 69.9 Å². The lowest BCUT2D eigenvalue weighted by molar-refractivity contribution is 0.0892. The van der Waals surface area contributed by atoms with Gasteiger partial charge in [-0.05, 0) is 44.2 Å². The van der Waals surface area contributed by atoms with Crippen LogP contribution >= 0.6 is 15.9 Å². The minimum absolute atomic E-state index is 0.626. The summed E-state index contributed by atoms with van der Waals surface area (Å²) in [6.45, 7) is 8.54. The van der Waals surface area contributed by atoms with Crippen LogP contribution < -0.4 is 0 Å². The molecule has 0 spiro atoms. The molecule has 0 amide bonds. The highest BCUT2D eigenvalue weighted by molar-refractivity contribution is 9.09. The maximum atomic E-state index is 3.72. The normalized spacial score (nSPS) is 18.8. The van der Waals surface area contributed by atoms with Gasteiger partial charge in [0.25, 0.3) is 0 Å². The molecular formula is C14H28BrN. The van der Waals surface area contributed by atoms with Crippen LogP contribution in [0.15, 0.2) is 0 Å². The molecule has 0 unspecified atom stereocenters. The predicted molar refractivity (Wildman–Crippen MR) is 76.3 cm³/mol. The SMILES string of the molecule is CCCCN(CCCC)CC1(CBr)CCC1. The molecule has 1 saturated carbocycles. The number of unbranched alkanes of at least 4 members (excludes halogenated alkanes) is 2. The summed E-state index contributed by atoms with van der Waals surface area (Å²) in [6, 6.07) is 0. The van der Waals surface area contributed by atoms with E-state index in [2.05, 4.69) is 34.7 Å². The monoisotopic (exact) mass is 289 g/mol. The molecule has 1 rings (SSSR count). The lowest BCUT2D eigenvalue weighted by Gasteiger charge is -2.44. The van der Waals surface area contributed by atoms with Crippen LogP contribution in [-0.2, 0) is 0 Å². The van der Waals surface area contributed by atoms with E-state index in [4.69, 9.17) is 0 Å². The van der Waals surface area contributed by atoms with Gasteiger partial charge in [0, 0.05) is 11.9 Å². The first kappa shape index (κ1) is 14.5. The average Bonchev–Trinajstić information content (AvgIpc) is 2.26. The molecule has 0 aromatic carbocycles. The molecule has 1 aliphatic carbocycles. The van der Waals surface area contributed by atoms with Crippen LogP contribution in [0, 0.1) is 5.41 Å². The number of hydrogen-bond acceptors (Lipinski definition) is 1. The Morgan fingerprint density at radius 2 is 1.62 bits per heavy atom. The van der Waals surface area contributed by atoms with Gasteiger partial charge in [0.2, 0.25) is 0 Å². The Bertz CT molecular complexity index is 164. The molecule has 0 saturated heterocycles. The van der Waals surface area contributed by atoms with E-state index in [9.17, 15) is 0 Å². The Labute approximate surface area is 110 Å². The topological polar surface area (TPSA) is 3.24 Å². The van der Waals surface area contributed by atoms with Gasteiger partial charge in [0.05, 0.1) is 0 Å². The lowest BCUT2D eigenvalue weighted by Crippen LogP contribution is -2.44. The summed E-state index contributed by atoms with van der Waals surface area (Å²) < 4.78 is 0. The summed E-state index contributed by atoms with van der Waals surface area (Å²) in [5.41, 5.74) is 0.626. The van der Waals surface area contributed by atoms with Crippen molar-refractivity contribution in [3.63, 3.8) is 0 Å². The van der Waals surface area contributed by atoms with Crippen molar-refractivity contribution in [2.45, 2.75) is 58.8 Å². The zero-order valence-electron chi connectivity index (χ0n) is 11.1. The van der Waals surface area contributed by atoms with Gasteiger partial charge in [0.15, 0.2) is 0 Å². The van der Waals surface area contributed by atoms with E-state index in [-0.39, 0.29) is 0 Å². The van der Waals surface area contributed by atoms with Gasteiger partial charge in [-0.1, -0.05) is 49.0 Å². The Morgan fingerprint density at radius 3 is 1.94 bits per heavy atom. The van der Waals surface area contributed by atoms with Crippen molar-refractivity contribution in [2.75, 3.05) is 25.0 Å². The smallest absolute Gasteiger partial charge is 0.0100 e. The molecule has 0 aromatic heterocycles. The van der Waals surface area contributed by atoms with Crippen molar-refractivity contribution in [1.29, 1.82) is 0 Å². The summed E-state index contributed by atoms with van der Waals surface area (Å²) in [6.07, 6.45) is 9.69. The quantitative estimate of drug-likeness (QED) is 0.567. The van der Waals surface area contributed by atoms with Gasteiger partial charge in [-0.3, -0.25) is 0 Å². The van der Waals surface area contributed by atoms with E-state index in [1.807, 2.05) is 0 Å². The van der Waals surface area contributed by atoms with Crippen molar-refractivity contribution in [2.24, 2.45) is 5.41 Å². The molecule has 0 N–H and O–H groups in total. The maximum absolute atomic E-state index is 3.72. The van der Waals surface area contributed by atoms with Crippen LogP contribution in [0.5, 0.6) is 0 Å². The number of halogens is 1. The summed E-state index contributed by atoms with van der Waals surface area (Å²) in [5.74, 6) is 0. The lowest BCUT2D eigenvalue weighted by atomic mass is 9.70. The van der Waals surface area contributed by atoms with Gasteiger partial charge in [-0.15, -0.1) is 0 Å². The maximum Gasteiger partial charge on any atom is 0.0100 e.